The van der Waals surface area contributed by atoms with Gasteiger partial charge in [-0.3, -0.25) is 9.78 Å². The summed E-state index contributed by atoms with van der Waals surface area (Å²) in [6.07, 6.45) is 3.85. The third-order valence-electron chi connectivity index (χ3n) is 7.15. The summed E-state index contributed by atoms with van der Waals surface area (Å²) >= 11 is 5.92. The smallest absolute Gasteiger partial charge is 0.262 e. The number of benzene rings is 3. The second-order valence-corrected chi connectivity index (χ2v) is 10.3. The number of carbonyl (C=O) groups is 1. The zero-order chi connectivity index (χ0) is 29.6. The van der Waals surface area contributed by atoms with Crippen molar-refractivity contribution in [1.29, 1.82) is 0 Å². The lowest BCUT2D eigenvalue weighted by Crippen LogP contribution is -2.30. The number of rotatable bonds is 10. The number of ether oxygens (including phenoxy) is 2. The molecule has 0 aliphatic carbocycles. The number of nitrogens with zero attached hydrogens (tertiary/aromatic N) is 3. The van der Waals surface area contributed by atoms with Crippen molar-refractivity contribution in [3.63, 3.8) is 0 Å². The minimum absolute atomic E-state index is 0.0811. The minimum atomic E-state index is -0.240. The Hall–Kier alpha value is -5.15. The maximum absolute atomic E-state index is 12.5. The van der Waals surface area contributed by atoms with Gasteiger partial charge in [0.05, 0.1) is 18.3 Å². The molecule has 1 fully saturated rings. The van der Waals surface area contributed by atoms with Gasteiger partial charge >= 0.3 is 0 Å². The van der Waals surface area contributed by atoms with Crippen molar-refractivity contribution in [2.45, 2.75) is 19.0 Å². The molecule has 1 aliphatic rings. The van der Waals surface area contributed by atoms with E-state index in [9.17, 15) is 4.79 Å². The summed E-state index contributed by atoms with van der Waals surface area (Å²) in [4.78, 5) is 19.3. The molecule has 1 amide bonds. The molecule has 2 aromatic heterocycles. The Balaban J connectivity index is 1.28. The maximum Gasteiger partial charge on any atom is 0.262 e. The van der Waals surface area contributed by atoms with Gasteiger partial charge in [0.2, 0.25) is 0 Å². The molecule has 3 heterocycles. The number of anilines is 2. The van der Waals surface area contributed by atoms with Crippen LogP contribution in [0.5, 0.6) is 11.5 Å². The standard InChI is InChI=1S/C34H31N5O3S/c1-2-41-28-19-17-25(18-20-28)38-22-8-12-30(38)33-32(29-11-6-7-21-35-29)37-34(43)39(33)26-15-13-24(14-16-26)36-31(40)23-42-27-9-4-3-5-10-27/h3-22,32-33H,2,23H2,1H3,(H,36,40)(H,37,43)/t32-,33-/m0/s1. The molecule has 0 saturated carbocycles. The molecule has 6 rings (SSSR count). The molecule has 8 nitrogen and oxygen atoms in total. The fourth-order valence-electron chi connectivity index (χ4n) is 5.24. The van der Waals surface area contributed by atoms with Crippen LogP contribution < -0.4 is 25.0 Å². The third kappa shape index (κ3) is 6.22. The lowest BCUT2D eigenvalue weighted by molar-refractivity contribution is -0.118. The highest BCUT2D eigenvalue weighted by atomic mass is 32.1. The molecule has 0 spiro atoms. The van der Waals surface area contributed by atoms with Crippen molar-refractivity contribution in [1.82, 2.24) is 14.9 Å². The lowest BCUT2D eigenvalue weighted by atomic mass is 10.0. The third-order valence-corrected chi connectivity index (χ3v) is 7.46. The summed E-state index contributed by atoms with van der Waals surface area (Å²) in [5.41, 5.74) is 4.50. The van der Waals surface area contributed by atoms with Crippen LogP contribution in [-0.4, -0.2) is 33.8 Å². The molecule has 0 bridgehead atoms. The summed E-state index contributed by atoms with van der Waals surface area (Å²) in [6, 6.07) is 34.6. The molecule has 9 heteroatoms. The molecular weight excluding hydrogens is 558 g/mol. The number of aromatic nitrogens is 2. The number of carbonyl (C=O) groups excluding carboxylic acids is 1. The van der Waals surface area contributed by atoms with E-state index in [0.29, 0.717) is 23.2 Å². The van der Waals surface area contributed by atoms with E-state index in [1.54, 1.807) is 6.20 Å². The number of nitrogens with one attached hydrogen (secondary N) is 2. The van der Waals surface area contributed by atoms with Crippen LogP contribution >= 0.6 is 12.2 Å². The second-order valence-electron chi connectivity index (χ2n) is 9.92. The monoisotopic (exact) mass is 589 g/mol. The van der Waals surface area contributed by atoms with Crippen LogP contribution in [0.1, 0.15) is 30.4 Å². The van der Waals surface area contributed by atoms with Gasteiger partial charge in [-0.2, -0.15) is 0 Å². The van der Waals surface area contributed by atoms with Gasteiger partial charge in [0.1, 0.15) is 17.5 Å². The van der Waals surface area contributed by atoms with Crippen LogP contribution in [0.25, 0.3) is 5.69 Å². The van der Waals surface area contributed by atoms with Gasteiger partial charge in [0.25, 0.3) is 5.91 Å². The van der Waals surface area contributed by atoms with Gasteiger partial charge < -0.3 is 29.6 Å². The summed E-state index contributed by atoms with van der Waals surface area (Å²) in [7, 11) is 0. The summed E-state index contributed by atoms with van der Waals surface area (Å²) < 4.78 is 13.4. The van der Waals surface area contributed by atoms with Gasteiger partial charge in [-0.05, 0) is 104 Å². The van der Waals surface area contributed by atoms with Crippen LogP contribution in [0.4, 0.5) is 11.4 Å². The normalized spacial score (nSPS) is 16.0. The summed E-state index contributed by atoms with van der Waals surface area (Å²) in [5.74, 6) is 1.23. The molecule has 2 N–H and O–H groups in total. The van der Waals surface area contributed by atoms with E-state index < -0.39 is 0 Å². The van der Waals surface area contributed by atoms with Crippen molar-refractivity contribution in [2.24, 2.45) is 0 Å². The number of hydrogen-bond acceptors (Lipinski definition) is 5. The average molecular weight is 590 g/mol. The van der Waals surface area contributed by atoms with E-state index in [1.807, 2.05) is 110 Å². The highest BCUT2D eigenvalue weighted by molar-refractivity contribution is 7.80. The molecule has 1 aliphatic heterocycles. The Labute approximate surface area is 255 Å². The molecule has 5 aromatic rings. The van der Waals surface area contributed by atoms with Gasteiger partial charge in [-0.15, -0.1) is 0 Å². The van der Waals surface area contributed by atoms with E-state index >= 15 is 0 Å². The molecule has 0 radical (unpaired) electrons. The first-order valence-corrected chi connectivity index (χ1v) is 14.5. The highest BCUT2D eigenvalue weighted by Gasteiger charge is 2.42. The Kier molecular flexibility index (Phi) is 8.33. The van der Waals surface area contributed by atoms with Gasteiger partial charge in [-0.25, -0.2) is 0 Å². The number of pyridine rings is 1. The van der Waals surface area contributed by atoms with Crippen molar-refractivity contribution in [2.75, 3.05) is 23.4 Å². The number of hydrogen-bond donors (Lipinski definition) is 2. The fraction of sp³-hybridized carbons (Fsp3) is 0.147. The van der Waals surface area contributed by atoms with E-state index in [-0.39, 0.29) is 24.6 Å². The molecule has 0 unspecified atom stereocenters. The Morgan fingerprint density at radius 2 is 1.58 bits per heavy atom. The van der Waals surface area contributed by atoms with E-state index in [1.165, 1.54) is 0 Å². The van der Waals surface area contributed by atoms with Gasteiger partial charge in [-0.1, -0.05) is 24.3 Å². The zero-order valence-electron chi connectivity index (χ0n) is 23.6. The van der Waals surface area contributed by atoms with Crippen LogP contribution in [0.2, 0.25) is 0 Å². The highest BCUT2D eigenvalue weighted by Crippen LogP contribution is 2.42. The van der Waals surface area contributed by atoms with Crippen molar-refractivity contribution < 1.29 is 14.3 Å². The van der Waals surface area contributed by atoms with Gasteiger partial charge in [0.15, 0.2) is 11.7 Å². The Morgan fingerprint density at radius 3 is 2.30 bits per heavy atom. The first-order chi connectivity index (χ1) is 21.1. The van der Waals surface area contributed by atoms with Crippen LogP contribution in [0.3, 0.4) is 0 Å². The van der Waals surface area contributed by atoms with Crippen LogP contribution in [-0.2, 0) is 4.79 Å². The zero-order valence-corrected chi connectivity index (χ0v) is 24.4. The number of thiocarbonyl (C=S) groups is 1. The molecule has 216 valence electrons. The molecule has 3 aromatic carbocycles. The van der Waals surface area contributed by atoms with Crippen molar-refractivity contribution >= 4 is 34.6 Å². The summed E-state index contributed by atoms with van der Waals surface area (Å²) in [6.45, 7) is 2.51. The second kappa shape index (κ2) is 12.8. The largest absolute Gasteiger partial charge is 0.494 e. The molecule has 1 saturated heterocycles. The molecular formula is C34H31N5O3S. The SMILES string of the molecule is CCOc1ccc(-n2cccc2[C@H]2[C@H](c3ccccn3)NC(=S)N2c2ccc(NC(=O)COc3ccccc3)cc2)cc1. The van der Waals surface area contributed by atoms with E-state index in [0.717, 1.165) is 28.5 Å². The first-order valence-electron chi connectivity index (χ1n) is 14.1. The Bertz CT molecular complexity index is 1680. The average Bonchev–Trinajstić information content (AvgIpc) is 3.66. The van der Waals surface area contributed by atoms with Crippen LogP contribution in [0.15, 0.2) is 122 Å². The van der Waals surface area contributed by atoms with Gasteiger partial charge in [0, 0.05) is 35.1 Å². The van der Waals surface area contributed by atoms with Crippen molar-refractivity contribution in [3.05, 3.63) is 133 Å². The maximum atomic E-state index is 12.5. The lowest BCUT2D eigenvalue weighted by Gasteiger charge is -2.29. The molecule has 43 heavy (non-hydrogen) atoms. The number of para-hydroxylation sites is 1. The quantitative estimate of drug-likeness (QED) is 0.181. The van der Waals surface area contributed by atoms with Crippen molar-refractivity contribution in [3.8, 4) is 17.2 Å². The topological polar surface area (TPSA) is 80.7 Å². The number of amides is 1. The van der Waals surface area contributed by atoms with E-state index in [2.05, 4.69) is 37.3 Å². The predicted octanol–water partition coefficient (Wildman–Crippen LogP) is 6.47. The summed E-state index contributed by atoms with van der Waals surface area (Å²) in [5, 5.41) is 7.01. The minimum Gasteiger partial charge on any atom is -0.494 e. The van der Waals surface area contributed by atoms with E-state index in [4.69, 9.17) is 21.7 Å². The van der Waals surface area contributed by atoms with Crippen LogP contribution in [0, 0.1) is 0 Å². The fourth-order valence-corrected chi connectivity index (χ4v) is 5.59. The Morgan fingerprint density at radius 1 is 0.860 bits per heavy atom. The predicted molar refractivity (Wildman–Crippen MR) is 172 cm³/mol. The molecule has 2 atom stereocenters. The first kappa shape index (κ1) is 28.0.